The lowest BCUT2D eigenvalue weighted by Crippen LogP contribution is -2.13. The highest BCUT2D eigenvalue weighted by molar-refractivity contribution is 5.99. The van der Waals surface area contributed by atoms with Crippen LogP contribution in [0.1, 0.15) is 62.0 Å². The number of carbonyl (C=O) groups is 1. The van der Waals surface area contributed by atoms with E-state index in [0.717, 1.165) is 17.5 Å². The Morgan fingerprint density at radius 1 is 1.29 bits per heavy atom. The molecule has 0 aliphatic carbocycles. The third kappa shape index (κ3) is 3.09. The molecule has 0 saturated carbocycles. The molecule has 1 aromatic rings. The van der Waals surface area contributed by atoms with Crippen LogP contribution >= 0.6 is 0 Å². The first-order chi connectivity index (χ1) is 7.77. The predicted molar refractivity (Wildman–Crippen MR) is 70.8 cm³/mol. The quantitative estimate of drug-likeness (QED) is 0.803. The molecular weight excluding hydrogens is 212 g/mol. The normalized spacial score (nSPS) is 11.6. The van der Waals surface area contributed by atoms with Crippen LogP contribution in [0.15, 0.2) is 12.1 Å². The van der Waals surface area contributed by atoms with E-state index < -0.39 is 0 Å². The Kier molecular flexibility index (Phi) is 3.97. The van der Waals surface area contributed by atoms with E-state index in [-0.39, 0.29) is 16.9 Å². The average Bonchev–Trinajstić information content (AvgIpc) is 2.20. The van der Waals surface area contributed by atoms with Crippen LogP contribution in [0.2, 0.25) is 0 Å². The van der Waals surface area contributed by atoms with Gasteiger partial charge in [-0.1, -0.05) is 33.8 Å². The van der Waals surface area contributed by atoms with Crippen molar-refractivity contribution >= 4 is 5.78 Å². The fourth-order valence-corrected chi connectivity index (χ4v) is 1.79. The second-order valence-corrected chi connectivity index (χ2v) is 5.61. The molecule has 0 spiro atoms. The zero-order valence-electron chi connectivity index (χ0n) is 11.4. The Morgan fingerprint density at radius 3 is 2.35 bits per heavy atom. The molecule has 1 rings (SSSR count). The van der Waals surface area contributed by atoms with Crippen molar-refractivity contribution in [3.63, 3.8) is 0 Å². The Morgan fingerprint density at radius 2 is 1.88 bits per heavy atom. The predicted octanol–water partition coefficient (Wildman–Crippen LogP) is 3.98. The summed E-state index contributed by atoms with van der Waals surface area (Å²) in [5.41, 5.74) is 2.32. The van der Waals surface area contributed by atoms with Crippen molar-refractivity contribution in [2.75, 3.05) is 0 Å². The van der Waals surface area contributed by atoms with Crippen LogP contribution in [0.5, 0.6) is 5.75 Å². The molecule has 2 nitrogen and oxygen atoms in total. The Labute approximate surface area is 104 Å². The molecule has 0 amide bonds. The van der Waals surface area contributed by atoms with Gasteiger partial charge < -0.3 is 5.11 Å². The van der Waals surface area contributed by atoms with Gasteiger partial charge in [0.15, 0.2) is 5.78 Å². The highest BCUT2D eigenvalue weighted by Crippen LogP contribution is 2.31. The minimum absolute atomic E-state index is 0.0142. The molecule has 2 heteroatoms. The summed E-state index contributed by atoms with van der Waals surface area (Å²) < 4.78 is 0. The van der Waals surface area contributed by atoms with Gasteiger partial charge in [-0.25, -0.2) is 0 Å². The van der Waals surface area contributed by atoms with Crippen LogP contribution in [0.25, 0.3) is 0 Å². The van der Waals surface area contributed by atoms with E-state index in [4.69, 9.17) is 0 Å². The van der Waals surface area contributed by atoms with Crippen LogP contribution in [0.3, 0.4) is 0 Å². The van der Waals surface area contributed by atoms with Gasteiger partial charge in [-0.3, -0.25) is 4.79 Å². The fourth-order valence-electron chi connectivity index (χ4n) is 1.79. The van der Waals surface area contributed by atoms with Crippen LogP contribution in [-0.2, 0) is 5.41 Å². The first-order valence-corrected chi connectivity index (χ1v) is 6.14. The maximum Gasteiger partial charge on any atom is 0.166 e. The van der Waals surface area contributed by atoms with E-state index in [1.54, 1.807) is 0 Å². The van der Waals surface area contributed by atoms with Gasteiger partial charge in [-0.05, 0) is 36.0 Å². The van der Waals surface area contributed by atoms with Crippen molar-refractivity contribution in [3.05, 3.63) is 28.8 Å². The maximum atomic E-state index is 11.9. The van der Waals surface area contributed by atoms with Crippen molar-refractivity contribution in [1.82, 2.24) is 0 Å². The van der Waals surface area contributed by atoms with Crippen LogP contribution in [-0.4, -0.2) is 10.9 Å². The number of hydrogen-bond acceptors (Lipinski definition) is 2. The van der Waals surface area contributed by atoms with Crippen LogP contribution in [0.4, 0.5) is 0 Å². The third-order valence-electron chi connectivity index (χ3n) is 2.94. The van der Waals surface area contributed by atoms with Crippen molar-refractivity contribution in [2.24, 2.45) is 0 Å². The summed E-state index contributed by atoms with van der Waals surface area (Å²) >= 11 is 0. The third-order valence-corrected chi connectivity index (χ3v) is 2.94. The molecule has 94 valence electrons. The SMILES string of the molecule is CCCC(=O)c1cc(C(C)(C)C)cc(C)c1O. The van der Waals surface area contributed by atoms with Crippen molar-refractivity contribution in [2.45, 2.75) is 52.9 Å². The smallest absolute Gasteiger partial charge is 0.166 e. The molecule has 0 saturated heterocycles. The Bertz CT molecular complexity index is 425. The second kappa shape index (κ2) is 4.91. The molecule has 0 aliphatic heterocycles. The maximum absolute atomic E-state index is 11.9. The van der Waals surface area contributed by atoms with E-state index in [1.165, 1.54) is 0 Å². The van der Waals surface area contributed by atoms with Gasteiger partial charge in [-0.2, -0.15) is 0 Å². The lowest BCUT2D eigenvalue weighted by molar-refractivity contribution is 0.0979. The number of phenols is 1. The summed E-state index contributed by atoms with van der Waals surface area (Å²) in [6.07, 6.45) is 1.29. The van der Waals surface area contributed by atoms with Gasteiger partial charge in [0.2, 0.25) is 0 Å². The summed E-state index contributed by atoms with van der Waals surface area (Å²) in [6.45, 7) is 10.1. The number of phenolic OH excluding ortho intramolecular Hbond substituents is 1. The van der Waals surface area contributed by atoms with Crippen LogP contribution < -0.4 is 0 Å². The number of Topliss-reactive ketones (excluding diaryl/α,β-unsaturated/α-hetero) is 1. The summed E-state index contributed by atoms with van der Waals surface area (Å²) in [5, 5.41) is 9.96. The zero-order valence-corrected chi connectivity index (χ0v) is 11.4. The van der Waals surface area contributed by atoms with Gasteiger partial charge >= 0.3 is 0 Å². The number of rotatable bonds is 3. The highest BCUT2D eigenvalue weighted by Gasteiger charge is 2.20. The van der Waals surface area contributed by atoms with Gasteiger partial charge in [-0.15, -0.1) is 0 Å². The highest BCUT2D eigenvalue weighted by atomic mass is 16.3. The topological polar surface area (TPSA) is 37.3 Å². The van der Waals surface area contributed by atoms with E-state index >= 15 is 0 Å². The van der Waals surface area contributed by atoms with Gasteiger partial charge in [0.1, 0.15) is 5.75 Å². The monoisotopic (exact) mass is 234 g/mol. The van der Waals surface area contributed by atoms with Gasteiger partial charge in [0.25, 0.3) is 0 Å². The molecule has 1 N–H and O–H groups in total. The van der Waals surface area contributed by atoms with Gasteiger partial charge in [0, 0.05) is 6.42 Å². The first kappa shape index (κ1) is 13.8. The minimum atomic E-state index is -0.0142. The number of carbonyl (C=O) groups excluding carboxylic acids is 1. The lowest BCUT2D eigenvalue weighted by Gasteiger charge is -2.21. The number of ketones is 1. The number of benzene rings is 1. The van der Waals surface area contributed by atoms with E-state index in [1.807, 2.05) is 26.0 Å². The summed E-state index contributed by atoms with van der Waals surface area (Å²) in [4.78, 5) is 11.9. The number of hydrogen-bond donors (Lipinski definition) is 1. The van der Waals surface area contributed by atoms with E-state index in [0.29, 0.717) is 12.0 Å². The molecule has 0 fully saturated rings. The minimum Gasteiger partial charge on any atom is -0.507 e. The van der Waals surface area contributed by atoms with E-state index in [9.17, 15) is 9.90 Å². The van der Waals surface area contributed by atoms with Crippen molar-refractivity contribution in [1.29, 1.82) is 0 Å². The zero-order chi connectivity index (χ0) is 13.2. The average molecular weight is 234 g/mol. The number of aromatic hydroxyl groups is 1. The first-order valence-electron chi connectivity index (χ1n) is 6.14. The van der Waals surface area contributed by atoms with Crippen LogP contribution in [0, 0.1) is 6.92 Å². The lowest BCUT2D eigenvalue weighted by atomic mass is 9.84. The molecule has 0 aromatic heterocycles. The standard InChI is InChI=1S/C15H22O2/c1-6-7-13(16)12-9-11(15(3,4)5)8-10(2)14(12)17/h8-9,17H,6-7H2,1-5H3. The number of aryl methyl sites for hydroxylation is 1. The molecule has 1 aromatic carbocycles. The second-order valence-electron chi connectivity index (χ2n) is 5.61. The van der Waals surface area contributed by atoms with Crippen molar-refractivity contribution < 1.29 is 9.90 Å². The Balaban J connectivity index is 3.30. The van der Waals surface area contributed by atoms with Crippen molar-refractivity contribution in [3.8, 4) is 5.75 Å². The molecule has 0 unspecified atom stereocenters. The molecular formula is C15H22O2. The summed E-state index contributed by atoms with van der Waals surface area (Å²) in [5.74, 6) is 0.163. The van der Waals surface area contributed by atoms with Gasteiger partial charge in [0.05, 0.1) is 5.56 Å². The fraction of sp³-hybridized carbons (Fsp3) is 0.533. The molecule has 0 aliphatic rings. The summed E-state index contributed by atoms with van der Waals surface area (Å²) in [7, 11) is 0. The molecule has 0 atom stereocenters. The molecule has 0 radical (unpaired) electrons. The molecule has 17 heavy (non-hydrogen) atoms. The van der Waals surface area contributed by atoms with E-state index in [2.05, 4.69) is 20.8 Å². The Hall–Kier alpha value is -1.31. The molecule has 0 bridgehead atoms. The summed E-state index contributed by atoms with van der Waals surface area (Å²) in [6, 6.07) is 3.79. The largest absolute Gasteiger partial charge is 0.507 e. The molecule has 0 heterocycles.